The number of piperazine rings is 1. The van der Waals surface area contributed by atoms with Crippen LogP contribution in [0.2, 0.25) is 0 Å². The first-order chi connectivity index (χ1) is 12.3. The van der Waals surface area contributed by atoms with Crippen molar-refractivity contribution in [1.82, 2.24) is 19.4 Å². The van der Waals surface area contributed by atoms with Gasteiger partial charge in [-0.05, 0) is 22.9 Å². The molecule has 0 aliphatic carbocycles. The smallest absolute Gasteiger partial charge is 0.253 e. The van der Waals surface area contributed by atoms with E-state index in [0.717, 1.165) is 50.2 Å². The summed E-state index contributed by atoms with van der Waals surface area (Å²) < 4.78 is 2.09. The van der Waals surface area contributed by atoms with Gasteiger partial charge in [0.25, 0.3) is 5.91 Å². The van der Waals surface area contributed by atoms with Crippen LogP contribution < -0.4 is 0 Å². The highest BCUT2D eigenvalue weighted by Gasteiger charge is 2.22. The molecule has 0 atom stereocenters. The van der Waals surface area contributed by atoms with Gasteiger partial charge < -0.3 is 9.47 Å². The number of benzene rings is 2. The molecule has 3 aromatic rings. The van der Waals surface area contributed by atoms with Crippen LogP contribution in [0.5, 0.6) is 0 Å². The maximum Gasteiger partial charge on any atom is 0.253 e. The maximum absolute atomic E-state index is 12.8. The molecule has 4 rings (SSSR count). The number of amides is 1. The van der Waals surface area contributed by atoms with Crippen LogP contribution in [0.15, 0.2) is 61.2 Å². The van der Waals surface area contributed by atoms with Gasteiger partial charge in [-0.3, -0.25) is 9.69 Å². The summed E-state index contributed by atoms with van der Waals surface area (Å²) in [6.07, 6.45) is 5.64. The molecule has 1 amide bonds. The molecule has 5 nitrogen and oxygen atoms in total. The third kappa shape index (κ3) is 3.56. The lowest BCUT2D eigenvalue weighted by molar-refractivity contribution is 0.0633. The third-order valence-corrected chi connectivity index (χ3v) is 4.89. The monoisotopic (exact) mass is 334 g/mol. The van der Waals surface area contributed by atoms with Gasteiger partial charge in [-0.25, -0.2) is 4.98 Å². The largest absolute Gasteiger partial charge is 0.336 e. The highest BCUT2D eigenvalue weighted by molar-refractivity contribution is 5.98. The summed E-state index contributed by atoms with van der Waals surface area (Å²) in [4.78, 5) is 21.2. The summed E-state index contributed by atoms with van der Waals surface area (Å²) in [6.45, 7) is 5.36. The Balaban J connectivity index is 1.35. The van der Waals surface area contributed by atoms with E-state index in [1.54, 1.807) is 6.20 Å². The van der Waals surface area contributed by atoms with Gasteiger partial charge in [0.15, 0.2) is 0 Å². The number of aromatic nitrogens is 2. The Morgan fingerprint density at radius 1 is 0.960 bits per heavy atom. The minimum absolute atomic E-state index is 0.139. The molecular weight excluding hydrogens is 312 g/mol. The Morgan fingerprint density at radius 3 is 2.52 bits per heavy atom. The van der Waals surface area contributed by atoms with Crippen molar-refractivity contribution >= 4 is 16.7 Å². The standard InChI is InChI=1S/C20H22N4O/c25-20(19-6-5-17-3-1-2-4-18(17)15-19)24-13-11-22(12-14-24)9-10-23-8-7-21-16-23/h1-8,15-16H,9-14H2. The first-order valence-corrected chi connectivity index (χ1v) is 8.76. The van der Waals surface area contributed by atoms with E-state index < -0.39 is 0 Å². The Hall–Kier alpha value is -2.66. The molecule has 0 unspecified atom stereocenters. The molecular formula is C20H22N4O. The van der Waals surface area contributed by atoms with Crippen LogP contribution in [0.3, 0.4) is 0 Å². The van der Waals surface area contributed by atoms with Crippen LogP contribution in [0, 0.1) is 0 Å². The average molecular weight is 334 g/mol. The molecule has 2 heterocycles. The Morgan fingerprint density at radius 2 is 1.76 bits per heavy atom. The van der Waals surface area contributed by atoms with Crippen molar-refractivity contribution in [2.45, 2.75) is 6.54 Å². The number of rotatable bonds is 4. The van der Waals surface area contributed by atoms with Gasteiger partial charge in [0.2, 0.25) is 0 Å². The highest BCUT2D eigenvalue weighted by atomic mass is 16.2. The lowest BCUT2D eigenvalue weighted by Gasteiger charge is -2.34. The molecule has 0 bridgehead atoms. The number of carbonyl (C=O) groups is 1. The summed E-state index contributed by atoms with van der Waals surface area (Å²) >= 11 is 0. The third-order valence-electron chi connectivity index (χ3n) is 4.89. The first kappa shape index (κ1) is 15.8. The zero-order chi connectivity index (χ0) is 17.1. The van der Waals surface area contributed by atoms with Crippen LogP contribution in [-0.2, 0) is 6.54 Å². The zero-order valence-electron chi connectivity index (χ0n) is 14.2. The van der Waals surface area contributed by atoms with Crippen LogP contribution >= 0.6 is 0 Å². The summed E-state index contributed by atoms with van der Waals surface area (Å²) in [5, 5.41) is 2.29. The molecule has 1 aliphatic heterocycles. The van der Waals surface area contributed by atoms with Crippen molar-refractivity contribution in [3.8, 4) is 0 Å². The van der Waals surface area contributed by atoms with E-state index in [1.165, 1.54) is 5.39 Å². The molecule has 0 radical (unpaired) electrons. The lowest BCUT2D eigenvalue weighted by atomic mass is 10.1. The highest BCUT2D eigenvalue weighted by Crippen LogP contribution is 2.17. The zero-order valence-corrected chi connectivity index (χ0v) is 14.2. The fourth-order valence-electron chi connectivity index (χ4n) is 3.36. The fraction of sp³-hybridized carbons (Fsp3) is 0.300. The van der Waals surface area contributed by atoms with Crippen molar-refractivity contribution < 1.29 is 4.79 Å². The quantitative estimate of drug-likeness (QED) is 0.736. The number of hydrogen-bond acceptors (Lipinski definition) is 3. The van der Waals surface area contributed by atoms with Gasteiger partial charge in [0.05, 0.1) is 6.33 Å². The molecule has 1 saturated heterocycles. The summed E-state index contributed by atoms with van der Waals surface area (Å²) in [5.74, 6) is 0.139. The SMILES string of the molecule is O=C(c1ccc2ccccc2c1)N1CCN(CCn2ccnc2)CC1. The van der Waals surface area contributed by atoms with E-state index >= 15 is 0 Å². The second kappa shape index (κ2) is 7.07. The molecule has 0 saturated carbocycles. The Bertz CT molecular complexity index is 851. The van der Waals surface area contributed by atoms with E-state index in [1.807, 2.05) is 47.8 Å². The Kier molecular flexibility index (Phi) is 4.48. The lowest BCUT2D eigenvalue weighted by Crippen LogP contribution is -2.49. The maximum atomic E-state index is 12.8. The molecule has 128 valence electrons. The predicted octanol–water partition coefficient (Wildman–Crippen LogP) is 2.49. The minimum atomic E-state index is 0.139. The van der Waals surface area contributed by atoms with Crippen molar-refractivity contribution in [1.29, 1.82) is 0 Å². The van der Waals surface area contributed by atoms with Crippen molar-refractivity contribution in [3.05, 3.63) is 66.7 Å². The molecule has 1 fully saturated rings. The number of imidazole rings is 1. The fourth-order valence-corrected chi connectivity index (χ4v) is 3.36. The van der Waals surface area contributed by atoms with Crippen molar-refractivity contribution in [3.63, 3.8) is 0 Å². The second-order valence-electron chi connectivity index (χ2n) is 6.50. The molecule has 0 N–H and O–H groups in total. The van der Waals surface area contributed by atoms with Crippen LogP contribution in [-0.4, -0.2) is 58.0 Å². The van der Waals surface area contributed by atoms with E-state index in [4.69, 9.17) is 0 Å². The molecule has 25 heavy (non-hydrogen) atoms. The van der Waals surface area contributed by atoms with Crippen LogP contribution in [0.25, 0.3) is 10.8 Å². The number of hydrogen-bond donors (Lipinski definition) is 0. The van der Waals surface area contributed by atoms with Gasteiger partial charge in [0.1, 0.15) is 0 Å². The van der Waals surface area contributed by atoms with Crippen LogP contribution in [0.1, 0.15) is 10.4 Å². The van der Waals surface area contributed by atoms with Crippen molar-refractivity contribution in [2.24, 2.45) is 0 Å². The first-order valence-electron chi connectivity index (χ1n) is 8.76. The molecule has 1 aromatic heterocycles. The van der Waals surface area contributed by atoms with Gasteiger partial charge in [-0.15, -0.1) is 0 Å². The summed E-state index contributed by atoms with van der Waals surface area (Å²) in [7, 11) is 0. The van der Waals surface area contributed by atoms with E-state index in [9.17, 15) is 4.79 Å². The number of nitrogens with zero attached hydrogens (tertiary/aromatic N) is 4. The molecule has 5 heteroatoms. The van der Waals surface area contributed by atoms with Gasteiger partial charge in [0, 0.05) is 57.2 Å². The van der Waals surface area contributed by atoms with Crippen molar-refractivity contribution in [2.75, 3.05) is 32.7 Å². The summed E-state index contributed by atoms with van der Waals surface area (Å²) in [5.41, 5.74) is 0.783. The Labute approximate surface area is 147 Å². The minimum Gasteiger partial charge on any atom is -0.336 e. The molecule has 0 spiro atoms. The van der Waals surface area contributed by atoms with Gasteiger partial charge in [-0.2, -0.15) is 0 Å². The van der Waals surface area contributed by atoms with E-state index in [2.05, 4.69) is 26.6 Å². The number of fused-ring (bicyclic) bond motifs is 1. The van der Waals surface area contributed by atoms with Gasteiger partial charge in [-0.1, -0.05) is 30.3 Å². The van der Waals surface area contributed by atoms with E-state index in [-0.39, 0.29) is 5.91 Å². The average Bonchev–Trinajstić information content (AvgIpc) is 3.19. The molecule has 2 aromatic carbocycles. The van der Waals surface area contributed by atoms with Crippen LogP contribution in [0.4, 0.5) is 0 Å². The predicted molar refractivity (Wildman–Crippen MR) is 98.5 cm³/mol. The van der Waals surface area contributed by atoms with E-state index in [0.29, 0.717) is 0 Å². The number of carbonyl (C=O) groups excluding carboxylic acids is 1. The second-order valence-corrected chi connectivity index (χ2v) is 6.50. The topological polar surface area (TPSA) is 41.4 Å². The van der Waals surface area contributed by atoms with Gasteiger partial charge >= 0.3 is 0 Å². The molecule has 1 aliphatic rings. The normalized spacial score (nSPS) is 15.6. The summed E-state index contributed by atoms with van der Waals surface area (Å²) in [6, 6.07) is 14.1.